The van der Waals surface area contributed by atoms with E-state index in [1.165, 1.54) is 21.5 Å². The Kier molecular flexibility index (Phi) is 1.89. The standard InChI is InChI=1S/C17H10N/c1-3-7-14-12(5-1)9-10-16-17(14)15-8-4-2-6-13(15)11-18-16/h1-6,8-11H. The van der Waals surface area contributed by atoms with E-state index >= 15 is 0 Å². The Morgan fingerprint density at radius 3 is 2.72 bits per heavy atom. The lowest BCUT2D eigenvalue weighted by molar-refractivity contribution is 1.45. The monoisotopic (exact) mass is 228 g/mol. The third kappa shape index (κ3) is 1.25. The number of hydrogen-bond donors (Lipinski definition) is 0. The second-order valence-electron chi connectivity index (χ2n) is 4.44. The Bertz CT molecular complexity index is 807. The summed E-state index contributed by atoms with van der Waals surface area (Å²) < 4.78 is 0. The summed E-state index contributed by atoms with van der Waals surface area (Å²) in [7, 11) is 0. The zero-order valence-electron chi connectivity index (χ0n) is 9.72. The van der Waals surface area contributed by atoms with Crippen molar-refractivity contribution in [3.63, 3.8) is 0 Å². The van der Waals surface area contributed by atoms with Crippen LogP contribution in [0.4, 0.5) is 0 Å². The summed E-state index contributed by atoms with van der Waals surface area (Å²) in [6.07, 6.45) is 1.94. The molecule has 0 amide bonds. The van der Waals surface area contributed by atoms with Gasteiger partial charge in [0.1, 0.15) is 0 Å². The number of hydrogen-bond acceptors (Lipinski definition) is 1. The van der Waals surface area contributed by atoms with Crippen molar-refractivity contribution >= 4 is 32.4 Å². The van der Waals surface area contributed by atoms with Gasteiger partial charge in [0.25, 0.3) is 0 Å². The molecule has 83 valence electrons. The lowest BCUT2D eigenvalue weighted by Gasteiger charge is -2.06. The molecule has 4 aromatic rings. The number of fused-ring (bicyclic) bond motifs is 5. The van der Waals surface area contributed by atoms with Gasteiger partial charge in [0, 0.05) is 17.0 Å². The van der Waals surface area contributed by atoms with Crippen LogP contribution in [0.25, 0.3) is 32.4 Å². The van der Waals surface area contributed by atoms with Gasteiger partial charge in [0.05, 0.1) is 5.52 Å². The van der Waals surface area contributed by atoms with E-state index in [1.807, 2.05) is 24.4 Å². The van der Waals surface area contributed by atoms with Crippen LogP contribution in [0.15, 0.2) is 60.8 Å². The van der Waals surface area contributed by atoms with Gasteiger partial charge >= 0.3 is 0 Å². The fourth-order valence-electron chi connectivity index (χ4n) is 2.54. The highest BCUT2D eigenvalue weighted by molar-refractivity contribution is 6.18. The molecule has 0 fully saturated rings. The summed E-state index contributed by atoms with van der Waals surface area (Å²) in [5.41, 5.74) is 1.03. The summed E-state index contributed by atoms with van der Waals surface area (Å²) in [6, 6.07) is 22.0. The van der Waals surface area contributed by atoms with Crippen molar-refractivity contribution in [1.29, 1.82) is 0 Å². The van der Waals surface area contributed by atoms with E-state index < -0.39 is 0 Å². The Hall–Kier alpha value is -2.41. The molecule has 0 unspecified atom stereocenters. The molecular weight excluding hydrogens is 218 g/mol. The van der Waals surface area contributed by atoms with Gasteiger partial charge in [0.2, 0.25) is 0 Å². The summed E-state index contributed by atoms with van der Waals surface area (Å²) >= 11 is 0. The molecule has 3 aromatic carbocycles. The van der Waals surface area contributed by atoms with Gasteiger partial charge in [-0.1, -0.05) is 48.5 Å². The van der Waals surface area contributed by atoms with Crippen LogP contribution in [0, 0.1) is 6.07 Å². The normalized spacial score (nSPS) is 11.3. The molecule has 0 saturated heterocycles. The number of rotatable bonds is 0. The van der Waals surface area contributed by atoms with Gasteiger partial charge in [-0.3, -0.25) is 4.98 Å². The van der Waals surface area contributed by atoms with Crippen LogP contribution in [-0.4, -0.2) is 4.98 Å². The minimum Gasteiger partial charge on any atom is -0.256 e. The van der Waals surface area contributed by atoms with Gasteiger partial charge < -0.3 is 0 Å². The molecule has 1 heterocycles. The van der Waals surface area contributed by atoms with Crippen LogP contribution >= 0.6 is 0 Å². The van der Waals surface area contributed by atoms with Gasteiger partial charge in [-0.2, -0.15) is 0 Å². The minimum atomic E-state index is 1.03. The predicted octanol–water partition coefficient (Wildman–Crippen LogP) is 4.34. The Balaban J connectivity index is 2.38. The van der Waals surface area contributed by atoms with Crippen LogP contribution in [0.2, 0.25) is 0 Å². The second-order valence-corrected chi connectivity index (χ2v) is 4.44. The number of aromatic nitrogens is 1. The Morgan fingerprint density at radius 2 is 1.72 bits per heavy atom. The lowest BCUT2D eigenvalue weighted by atomic mass is 10.0. The second kappa shape index (κ2) is 3.54. The van der Waals surface area contributed by atoms with Gasteiger partial charge in [-0.25, -0.2) is 0 Å². The molecule has 0 spiro atoms. The summed E-state index contributed by atoms with van der Waals surface area (Å²) in [6.45, 7) is 0. The van der Waals surface area contributed by atoms with Crippen LogP contribution in [-0.2, 0) is 0 Å². The molecule has 0 bridgehead atoms. The fourth-order valence-corrected chi connectivity index (χ4v) is 2.54. The maximum Gasteiger partial charge on any atom is 0.0715 e. The summed E-state index contributed by atoms with van der Waals surface area (Å²) in [5.74, 6) is 0. The minimum absolute atomic E-state index is 1.03. The van der Waals surface area contributed by atoms with Crippen molar-refractivity contribution in [2.75, 3.05) is 0 Å². The van der Waals surface area contributed by atoms with E-state index in [9.17, 15) is 0 Å². The van der Waals surface area contributed by atoms with Crippen molar-refractivity contribution in [2.24, 2.45) is 0 Å². The van der Waals surface area contributed by atoms with Crippen LogP contribution < -0.4 is 0 Å². The molecule has 0 saturated carbocycles. The van der Waals surface area contributed by atoms with Crippen molar-refractivity contribution < 1.29 is 0 Å². The van der Waals surface area contributed by atoms with E-state index in [2.05, 4.69) is 47.4 Å². The molecule has 1 radical (unpaired) electrons. The molecule has 0 aliphatic heterocycles. The largest absolute Gasteiger partial charge is 0.256 e. The first-order valence-electron chi connectivity index (χ1n) is 6.00. The highest BCUT2D eigenvalue weighted by Gasteiger charge is 2.05. The SMILES string of the molecule is [c]1cccc2ccc3ncc4ccccc4c3c12. The molecule has 1 heteroatoms. The van der Waals surface area contributed by atoms with Crippen LogP contribution in [0.5, 0.6) is 0 Å². The van der Waals surface area contributed by atoms with Crippen LogP contribution in [0.3, 0.4) is 0 Å². The van der Waals surface area contributed by atoms with E-state index in [0.29, 0.717) is 0 Å². The number of nitrogens with zero attached hydrogens (tertiary/aromatic N) is 1. The van der Waals surface area contributed by atoms with E-state index in [1.54, 1.807) is 0 Å². The van der Waals surface area contributed by atoms with Crippen molar-refractivity contribution in [3.05, 3.63) is 66.9 Å². The van der Waals surface area contributed by atoms with E-state index in [-0.39, 0.29) is 0 Å². The quantitative estimate of drug-likeness (QED) is 0.408. The van der Waals surface area contributed by atoms with Crippen LogP contribution in [0.1, 0.15) is 0 Å². The smallest absolute Gasteiger partial charge is 0.0715 e. The molecule has 0 atom stereocenters. The van der Waals surface area contributed by atoms with E-state index in [4.69, 9.17) is 0 Å². The fraction of sp³-hybridized carbons (Fsp3) is 0. The zero-order valence-corrected chi connectivity index (χ0v) is 9.72. The maximum absolute atomic E-state index is 4.54. The zero-order chi connectivity index (χ0) is 11.9. The molecule has 1 aromatic heterocycles. The highest BCUT2D eigenvalue weighted by atomic mass is 14.6. The van der Waals surface area contributed by atoms with Gasteiger partial charge in [0.15, 0.2) is 0 Å². The average molecular weight is 228 g/mol. The summed E-state index contributed by atoms with van der Waals surface area (Å²) in [4.78, 5) is 4.54. The molecule has 18 heavy (non-hydrogen) atoms. The van der Waals surface area contributed by atoms with Gasteiger partial charge in [-0.05, 0) is 28.3 Å². The first-order valence-corrected chi connectivity index (χ1v) is 6.00. The van der Waals surface area contributed by atoms with Crippen molar-refractivity contribution in [1.82, 2.24) is 4.98 Å². The van der Waals surface area contributed by atoms with Crippen molar-refractivity contribution in [3.8, 4) is 0 Å². The molecule has 4 rings (SSSR count). The Labute approximate surface area is 105 Å². The lowest BCUT2D eigenvalue weighted by Crippen LogP contribution is -1.84. The number of benzene rings is 3. The molecule has 0 N–H and O–H groups in total. The molecule has 0 aliphatic carbocycles. The van der Waals surface area contributed by atoms with E-state index in [0.717, 1.165) is 10.9 Å². The molecule has 0 aliphatic rings. The molecule has 1 nitrogen and oxygen atoms in total. The maximum atomic E-state index is 4.54. The third-order valence-corrected chi connectivity index (χ3v) is 3.39. The number of pyridine rings is 1. The summed E-state index contributed by atoms with van der Waals surface area (Å²) in [5, 5.41) is 5.99. The highest BCUT2D eigenvalue weighted by Crippen LogP contribution is 2.29. The first kappa shape index (κ1) is 9.60. The topological polar surface area (TPSA) is 12.9 Å². The predicted molar refractivity (Wildman–Crippen MR) is 75.6 cm³/mol. The van der Waals surface area contributed by atoms with Gasteiger partial charge in [-0.15, -0.1) is 0 Å². The first-order chi connectivity index (χ1) is 8.93. The average Bonchev–Trinajstić information content (AvgIpc) is 2.46. The van der Waals surface area contributed by atoms with Crippen molar-refractivity contribution in [2.45, 2.75) is 0 Å². The molecular formula is C17H10N. The third-order valence-electron chi connectivity index (χ3n) is 3.39. The Morgan fingerprint density at radius 1 is 0.833 bits per heavy atom.